The van der Waals surface area contributed by atoms with Gasteiger partial charge in [-0.15, -0.1) is 0 Å². The molecule has 0 aliphatic rings. The second-order valence-corrected chi connectivity index (χ2v) is 5.61. The Labute approximate surface area is 124 Å². The Kier molecular flexibility index (Phi) is 8.71. The van der Waals surface area contributed by atoms with Gasteiger partial charge in [-0.1, -0.05) is 30.7 Å². The van der Waals surface area contributed by atoms with Crippen molar-refractivity contribution in [3.05, 3.63) is 30.1 Å². The number of aryl methyl sites for hydroxylation is 1. The minimum absolute atomic E-state index is 0.106. The zero-order valence-corrected chi connectivity index (χ0v) is 12.7. The lowest BCUT2D eigenvalue weighted by atomic mass is 10.1. The van der Waals surface area contributed by atoms with Crippen molar-refractivity contribution in [3.8, 4) is 0 Å². The Balaban J connectivity index is 1.95. The summed E-state index contributed by atoms with van der Waals surface area (Å²) in [6.45, 7) is 0. The molecule has 4 nitrogen and oxygen atoms in total. The Bertz CT molecular complexity index is 409. The molecule has 0 N–H and O–H groups in total. The van der Waals surface area contributed by atoms with Crippen molar-refractivity contribution in [2.75, 3.05) is 12.9 Å². The maximum atomic E-state index is 11.3. The van der Waals surface area contributed by atoms with Gasteiger partial charge in [-0.3, -0.25) is 14.6 Å². The predicted molar refractivity (Wildman–Crippen MR) is 80.5 cm³/mol. The molecule has 0 fully saturated rings. The number of unbranched alkanes of at least 4 members (excludes halogenated alkanes) is 3. The zero-order valence-electron chi connectivity index (χ0n) is 11.8. The van der Waals surface area contributed by atoms with Gasteiger partial charge in [0.15, 0.2) is 5.12 Å². The topological polar surface area (TPSA) is 56.3 Å². The van der Waals surface area contributed by atoms with Crippen LogP contribution in [0.5, 0.6) is 0 Å². The highest BCUT2D eigenvalue weighted by atomic mass is 32.2. The molecule has 0 aliphatic carbocycles. The zero-order chi connectivity index (χ0) is 14.6. The molecule has 0 saturated carbocycles. The average Bonchev–Trinajstić information content (AvgIpc) is 2.47. The van der Waals surface area contributed by atoms with E-state index >= 15 is 0 Å². The van der Waals surface area contributed by atoms with Crippen molar-refractivity contribution in [3.63, 3.8) is 0 Å². The van der Waals surface area contributed by atoms with Gasteiger partial charge in [-0.25, -0.2) is 0 Å². The second-order valence-electron chi connectivity index (χ2n) is 4.46. The van der Waals surface area contributed by atoms with Crippen LogP contribution in [-0.2, 0) is 20.7 Å². The van der Waals surface area contributed by atoms with E-state index in [1.54, 1.807) is 0 Å². The third-order valence-corrected chi connectivity index (χ3v) is 3.79. The van der Waals surface area contributed by atoms with Gasteiger partial charge in [-0.2, -0.15) is 0 Å². The van der Waals surface area contributed by atoms with Crippen LogP contribution in [0.15, 0.2) is 24.4 Å². The quantitative estimate of drug-likeness (QED) is 0.398. The summed E-state index contributed by atoms with van der Waals surface area (Å²) in [6.07, 6.45) is 7.07. The van der Waals surface area contributed by atoms with Crippen LogP contribution in [0.4, 0.5) is 0 Å². The molecule has 0 spiro atoms. The number of carbonyl (C=O) groups is 2. The summed E-state index contributed by atoms with van der Waals surface area (Å²) in [4.78, 5) is 26.5. The number of aromatic nitrogens is 1. The number of hydrogen-bond acceptors (Lipinski definition) is 5. The Morgan fingerprint density at radius 2 is 2.00 bits per heavy atom. The average molecular weight is 295 g/mol. The predicted octanol–water partition coefficient (Wildman–Crippen LogP) is 3.01. The molecule has 0 aromatic carbocycles. The van der Waals surface area contributed by atoms with Gasteiger partial charge in [0.1, 0.15) is 6.42 Å². The first kappa shape index (κ1) is 16.7. The van der Waals surface area contributed by atoms with Crippen LogP contribution in [-0.4, -0.2) is 28.9 Å². The summed E-state index contributed by atoms with van der Waals surface area (Å²) in [7, 11) is 1.29. The number of thioether (sulfide) groups is 1. The fraction of sp³-hybridized carbons (Fsp3) is 0.533. The molecule has 0 radical (unpaired) electrons. The summed E-state index contributed by atoms with van der Waals surface area (Å²) < 4.78 is 4.44. The fourth-order valence-corrected chi connectivity index (χ4v) is 2.53. The van der Waals surface area contributed by atoms with E-state index in [4.69, 9.17) is 0 Å². The molecule has 0 unspecified atom stereocenters. The molecule has 0 amide bonds. The molecule has 20 heavy (non-hydrogen) atoms. The smallest absolute Gasteiger partial charge is 0.313 e. The molecule has 0 atom stereocenters. The van der Waals surface area contributed by atoms with Gasteiger partial charge < -0.3 is 4.74 Å². The third-order valence-electron chi connectivity index (χ3n) is 2.83. The van der Waals surface area contributed by atoms with Crippen LogP contribution in [0.2, 0.25) is 0 Å². The van der Waals surface area contributed by atoms with E-state index in [1.807, 2.05) is 24.4 Å². The highest BCUT2D eigenvalue weighted by Crippen LogP contribution is 2.12. The van der Waals surface area contributed by atoms with Gasteiger partial charge in [0.25, 0.3) is 0 Å². The molecule has 1 heterocycles. The highest BCUT2D eigenvalue weighted by Gasteiger charge is 2.09. The molecule has 0 aliphatic heterocycles. The summed E-state index contributed by atoms with van der Waals surface area (Å²) in [5, 5.41) is -0.106. The van der Waals surface area contributed by atoms with Crippen molar-refractivity contribution in [2.24, 2.45) is 0 Å². The standard InChI is InChI=1S/C15H21NO3S/c1-19-14(17)12-15(18)20-11-7-3-2-4-8-13-9-5-6-10-16-13/h5-6,9-10H,2-4,7-8,11-12H2,1H3. The first-order chi connectivity index (χ1) is 9.72. The van der Waals surface area contributed by atoms with Crippen LogP contribution < -0.4 is 0 Å². The van der Waals surface area contributed by atoms with Crippen LogP contribution in [0.3, 0.4) is 0 Å². The minimum atomic E-state index is -0.460. The Hall–Kier alpha value is -1.36. The highest BCUT2D eigenvalue weighted by molar-refractivity contribution is 8.13. The molecule has 1 aromatic heterocycles. The number of hydrogen-bond donors (Lipinski definition) is 0. The van der Waals surface area contributed by atoms with Gasteiger partial charge in [0.2, 0.25) is 0 Å². The lowest BCUT2D eigenvalue weighted by molar-refractivity contribution is -0.141. The van der Waals surface area contributed by atoms with Crippen LogP contribution >= 0.6 is 11.8 Å². The number of nitrogens with zero attached hydrogens (tertiary/aromatic N) is 1. The first-order valence-corrected chi connectivity index (χ1v) is 7.83. The van der Waals surface area contributed by atoms with E-state index in [2.05, 4.69) is 9.72 Å². The fourth-order valence-electron chi connectivity index (χ4n) is 1.73. The summed E-state index contributed by atoms with van der Waals surface area (Å²) >= 11 is 1.22. The van der Waals surface area contributed by atoms with Gasteiger partial charge >= 0.3 is 5.97 Å². The normalized spacial score (nSPS) is 10.2. The number of rotatable bonds is 9. The van der Waals surface area contributed by atoms with E-state index in [0.29, 0.717) is 0 Å². The molecule has 110 valence electrons. The third kappa shape index (κ3) is 7.94. The first-order valence-electron chi connectivity index (χ1n) is 6.84. The van der Waals surface area contributed by atoms with E-state index in [0.717, 1.165) is 43.6 Å². The minimum Gasteiger partial charge on any atom is -0.469 e. The lowest BCUT2D eigenvalue weighted by Gasteiger charge is -2.02. The number of carbonyl (C=O) groups excluding carboxylic acids is 2. The molecule has 1 rings (SSSR count). The molecule has 1 aromatic rings. The maximum Gasteiger partial charge on any atom is 0.313 e. The SMILES string of the molecule is COC(=O)CC(=O)SCCCCCCc1ccccn1. The van der Waals surface area contributed by atoms with Gasteiger partial charge in [0, 0.05) is 17.6 Å². The van der Waals surface area contributed by atoms with E-state index < -0.39 is 5.97 Å². The lowest BCUT2D eigenvalue weighted by Crippen LogP contribution is -2.06. The number of methoxy groups -OCH3 is 1. The van der Waals surface area contributed by atoms with Crippen molar-refractivity contribution in [1.29, 1.82) is 0 Å². The van der Waals surface area contributed by atoms with Crippen molar-refractivity contribution in [2.45, 2.75) is 38.5 Å². The van der Waals surface area contributed by atoms with Gasteiger partial charge in [-0.05, 0) is 31.4 Å². The van der Waals surface area contributed by atoms with Crippen molar-refractivity contribution < 1.29 is 14.3 Å². The largest absolute Gasteiger partial charge is 0.469 e. The molecule has 5 heteroatoms. The number of ether oxygens (including phenoxy) is 1. The van der Waals surface area contributed by atoms with Crippen LogP contribution in [0.25, 0.3) is 0 Å². The maximum absolute atomic E-state index is 11.3. The molecular weight excluding hydrogens is 274 g/mol. The Morgan fingerprint density at radius 3 is 2.70 bits per heavy atom. The van der Waals surface area contributed by atoms with E-state index in [-0.39, 0.29) is 11.5 Å². The monoisotopic (exact) mass is 295 g/mol. The van der Waals surface area contributed by atoms with E-state index in [1.165, 1.54) is 18.9 Å². The summed E-state index contributed by atoms with van der Waals surface area (Å²) in [5.74, 6) is 0.317. The summed E-state index contributed by atoms with van der Waals surface area (Å²) in [6, 6.07) is 5.97. The van der Waals surface area contributed by atoms with Crippen LogP contribution in [0, 0.1) is 0 Å². The van der Waals surface area contributed by atoms with Crippen LogP contribution in [0.1, 0.15) is 37.8 Å². The van der Waals surface area contributed by atoms with E-state index in [9.17, 15) is 9.59 Å². The van der Waals surface area contributed by atoms with Gasteiger partial charge in [0.05, 0.1) is 7.11 Å². The molecule has 0 bridgehead atoms. The summed E-state index contributed by atoms with van der Waals surface area (Å²) in [5.41, 5.74) is 1.13. The number of esters is 1. The van der Waals surface area contributed by atoms with Crippen molar-refractivity contribution in [1.82, 2.24) is 4.98 Å². The second kappa shape index (κ2) is 10.4. The van der Waals surface area contributed by atoms with Crippen molar-refractivity contribution >= 4 is 22.8 Å². The molecular formula is C15H21NO3S. The Morgan fingerprint density at radius 1 is 1.20 bits per heavy atom. The number of pyridine rings is 1. The molecule has 0 saturated heterocycles.